The fraction of sp³-hybridized carbons (Fsp3) is 0.684. The van der Waals surface area contributed by atoms with Crippen molar-refractivity contribution >= 4 is 7.14 Å². The monoisotopic (exact) mass is 304 g/mol. The van der Waals surface area contributed by atoms with Gasteiger partial charge in [-0.1, -0.05) is 24.6 Å². The maximum atomic E-state index is 14.2. The van der Waals surface area contributed by atoms with Gasteiger partial charge < -0.3 is 4.57 Å². The van der Waals surface area contributed by atoms with Crippen LogP contribution >= 0.6 is 7.14 Å². The topological polar surface area (TPSA) is 17.1 Å². The zero-order valence-electron chi connectivity index (χ0n) is 13.3. The molecule has 0 fully saturated rings. The van der Waals surface area contributed by atoms with E-state index in [-0.39, 0.29) is 0 Å². The van der Waals surface area contributed by atoms with E-state index >= 15 is 0 Å². The Labute approximate surface area is 130 Å². The van der Waals surface area contributed by atoms with Gasteiger partial charge in [0, 0.05) is 0 Å². The predicted octanol–water partition coefficient (Wildman–Crippen LogP) is 7.11. The first kappa shape index (κ1) is 15.3. The molecule has 3 aliphatic rings. The van der Waals surface area contributed by atoms with Crippen LogP contribution < -0.4 is 0 Å². The Morgan fingerprint density at radius 3 is 1.43 bits per heavy atom. The van der Waals surface area contributed by atoms with Gasteiger partial charge in [-0.2, -0.15) is 0 Å². The molecule has 1 nitrogen and oxygen atoms in total. The molecule has 0 amide bonds. The summed E-state index contributed by atoms with van der Waals surface area (Å²) in [4.78, 5) is 0. The summed E-state index contributed by atoms with van der Waals surface area (Å²) in [6.45, 7) is 0. The van der Waals surface area contributed by atoms with Crippen LogP contribution in [0.1, 0.15) is 83.5 Å². The maximum absolute atomic E-state index is 14.2. The maximum Gasteiger partial charge on any atom is 0.158 e. The first-order valence-corrected chi connectivity index (χ1v) is 10.7. The van der Waals surface area contributed by atoms with Gasteiger partial charge in [-0.25, -0.2) is 0 Å². The number of allylic oxidation sites excluding steroid dienone is 6. The Bertz CT molecular complexity index is 480. The Hall–Kier alpha value is -0.550. The number of hydrogen-bond donors (Lipinski definition) is 0. The van der Waals surface area contributed by atoms with E-state index < -0.39 is 7.14 Å². The van der Waals surface area contributed by atoms with E-state index in [0.717, 1.165) is 38.5 Å². The predicted molar refractivity (Wildman–Crippen MR) is 91.9 cm³/mol. The van der Waals surface area contributed by atoms with Crippen molar-refractivity contribution in [2.45, 2.75) is 83.5 Å². The summed E-state index contributed by atoms with van der Waals surface area (Å²) < 4.78 is 14.2. The van der Waals surface area contributed by atoms with Crippen LogP contribution in [0.25, 0.3) is 0 Å². The van der Waals surface area contributed by atoms with Crippen LogP contribution in [0.15, 0.2) is 34.2 Å². The van der Waals surface area contributed by atoms with Crippen LogP contribution in [0.5, 0.6) is 0 Å². The smallest absolute Gasteiger partial charge is 0.158 e. The molecular weight excluding hydrogens is 275 g/mol. The SMILES string of the molecule is O=P(C1=CCCCC1)(C1=CCCCC1)C1=CCCCCC1. The molecule has 0 aromatic rings. The molecule has 0 radical (unpaired) electrons. The minimum Gasteiger partial charge on any atom is -0.310 e. The van der Waals surface area contributed by atoms with E-state index in [4.69, 9.17) is 0 Å². The summed E-state index contributed by atoms with van der Waals surface area (Å²) in [7, 11) is -2.39. The second-order valence-corrected chi connectivity index (χ2v) is 9.73. The molecule has 0 atom stereocenters. The van der Waals surface area contributed by atoms with Crippen LogP contribution in [-0.4, -0.2) is 0 Å². The van der Waals surface area contributed by atoms with Crippen molar-refractivity contribution in [3.05, 3.63) is 34.2 Å². The normalized spacial score (nSPS) is 24.7. The van der Waals surface area contributed by atoms with E-state index in [2.05, 4.69) is 18.2 Å². The molecule has 0 saturated heterocycles. The van der Waals surface area contributed by atoms with Gasteiger partial charge >= 0.3 is 0 Å². The molecule has 0 unspecified atom stereocenters. The lowest BCUT2D eigenvalue weighted by molar-refractivity contribution is 0.576. The van der Waals surface area contributed by atoms with Crippen LogP contribution in [0.2, 0.25) is 0 Å². The van der Waals surface area contributed by atoms with Crippen molar-refractivity contribution in [1.82, 2.24) is 0 Å². The van der Waals surface area contributed by atoms with E-state index in [9.17, 15) is 4.57 Å². The second-order valence-electron chi connectivity index (χ2n) is 6.79. The van der Waals surface area contributed by atoms with E-state index in [1.54, 1.807) is 0 Å². The standard InChI is InChI=1S/C19H29OP/c20-21(18-13-7-3-8-14-18,19-15-9-4-10-16-19)17-11-5-1-2-6-12-17/h11,13,15H,1-10,12,14,16H2. The van der Waals surface area contributed by atoms with E-state index in [0.29, 0.717) is 0 Å². The molecule has 0 bridgehead atoms. The average molecular weight is 304 g/mol. The summed E-state index contributed by atoms with van der Waals surface area (Å²) in [5, 5.41) is 3.95. The fourth-order valence-electron chi connectivity index (χ4n) is 4.05. The Morgan fingerprint density at radius 1 is 0.571 bits per heavy atom. The van der Waals surface area contributed by atoms with Gasteiger partial charge in [0.25, 0.3) is 0 Å². The Balaban J connectivity index is 2.01. The van der Waals surface area contributed by atoms with Crippen molar-refractivity contribution < 1.29 is 4.57 Å². The molecule has 3 rings (SSSR count). The van der Waals surface area contributed by atoms with Crippen molar-refractivity contribution in [3.8, 4) is 0 Å². The minimum atomic E-state index is -2.39. The quantitative estimate of drug-likeness (QED) is 0.507. The highest BCUT2D eigenvalue weighted by molar-refractivity contribution is 7.76. The highest BCUT2D eigenvalue weighted by Crippen LogP contribution is 2.71. The first-order valence-electron chi connectivity index (χ1n) is 9.00. The highest BCUT2D eigenvalue weighted by atomic mass is 31.2. The summed E-state index contributed by atoms with van der Waals surface area (Å²) >= 11 is 0. The van der Waals surface area contributed by atoms with Crippen molar-refractivity contribution in [1.29, 1.82) is 0 Å². The summed E-state index contributed by atoms with van der Waals surface area (Å²) in [5.74, 6) is 0. The van der Waals surface area contributed by atoms with Gasteiger partial charge in [-0.05, 0) is 93.0 Å². The summed E-state index contributed by atoms with van der Waals surface area (Å²) in [6.07, 6.45) is 22.5. The van der Waals surface area contributed by atoms with Gasteiger partial charge in [-0.15, -0.1) is 0 Å². The third-order valence-corrected chi connectivity index (χ3v) is 8.91. The highest BCUT2D eigenvalue weighted by Gasteiger charge is 2.36. The van der Waals surface area contributed by atoms with E-state index in [1.807, 2.05) is 0 Å². The average Bonchev–Trinajstić information content (AvgIpc) is 2.85. The molecule has 0 heterocycles. The molecule has 0 aliphatic heterocycles. The largest absolute Gasteiger partial charge is 0.310 e. The Morgan fingerprint density at radius 2 is 0.952 bits per heavy atom. The summed E-state index contributed by atoms with van der Waals surface area (Å²) in [5.41, 5.74) is 0. The zero-order valence-corrected chi connectivity index (χ0v) is 14.2. The van der Waals surface area contributed by atoms with Crippen LogP contribution in [0.4, 0.5) is 0 Å². The lowest BCUT2D eigenvalue weighted by Gasteiger charge is -2.30. The molecule has 0 saturated carbocycles. The van der Waals surface area contributed by atoms with Gasteiger partial charge in [0.15, 0.2) is 7.14 Å². The molecule has 0 spiro atoms. The van der Waals surface area contributed by atoms with Crippen molar-refractivity contribution in [3.63, 3.8) is 0 Å². The molecule has 21 heavy (non-hydrogen) atoms. The second kappa shape index (κ2) is 7.14. The van der Waals surface area contributed by atoms with Crippen molar-refractivity contribution in [2.24, 2.45) is 0 Å². The van der Waals surface area contributed by atoms with Crippen LogP contribution in [0.3, 0.4) is 0 Å². The number of hydrogen-bond acceptors (Lipinski definition) is 1. The third kappa shape index (κ3) is 3.29. The molecule has 3 aliphatic carbocycles. The first-order chi connectivity index (χ1) is 10.3. The van der Waals surface area contributed by atoms with Gasteiger partial charge in [0.05, 0.1) is 0 Å². The van der Waals surface area contributed by atoms with Crippen LogP contribution in [0, 0.1) is 0 Å². The summed E-state index contributed by atoms with van der Waals surface area (Å²) in [6, 6.07) is 0. The molecule has 0 aromatic heterocycles. The Kier molecular flexibility index (Phi) is 5.22. The van der Waals surface area contributed by atoms with Gasteiger partial charge in [0.1, 0.15) is 0 Å². The fourth-order valence-corrected chi connectivity index (χ4v) is 7.74. The number of rotatable bonds is 3. The van der Waals surface area contributed by atoms with Gasteiger partial charge in [0.2, 0.25) is 0 Å². The third-order valence-electron chi connectivity index (χ3n) is 5.26. The molecule has 0 N–H and O–H groups in total. The lowest BCUT2D eigenvalue weighted by atomic mass is 10.1. The lowest BCUT2D eigenvalue weighted by Crippen LogP contribution is -2.02. The molecular formula is C19H29OP. The zero-order chi connectivity index (χ0) is 14.5. The molecule has 2 heteroatoms. The van der Waals surface area contributed by atoms with Crippen LogP contribution in [-0.2, 0) is 4.57 Å². The molecule has 116 valence electrons. The minimum absolute atomic E-state index is 1.08. The van der Waals surface area contributed by atoms with Gasteiger partial charge in [-0.3, -0.25) is 0 Å². The van der Waals surface area contributed by atoms with Crippen molar-refractivity contribution in [2.75, 3.05) is 0 Å². The molecule has 0 aromatic carbocycles. The van der Waals surface area contributed by atoms with E-state index in [1.165, 1.54) is 60.9 Å².